The summed E-state index contributed by atoms with van der Waals surface area (Å²) in [7, 11) is 2.52. The lowest BCUT2D eigenvalue weighted by Crippen LogP contribution is -2.25. The lowest BCUT2D eigenvalue weighted by atomic mass is 9.63. The van der Waals surface area contributed by atoms with Crippen LogP contribution in [0.2, 0.25) is 5.82 Å². The van der Waals surface area contributed by atoms with E-state index in [9.17, 15) is 0 Å². The summed E-state index contributed by atoms with van der Waals surface area (Å²) < 4.78 is 0. The van der Waals surface area contributed by atoms with E-state index in [-0.39, 0.29) is 0 Å². The van der Waals surface area contributed by atoms with Crippen LogP contribution in [-0.2, 0) is 0 Å². The summed E-state index contributed by atoms with van der Waals surface area (Å²) in [5, 5.41) is 0. The Kier molecular flexibility index (Phi) is 2.38. The maximum atomic E-state index is 2.52. The van der Waals surface area contributed by atoms with Crippen LogP contribution < -0.4 is 0 Å². The molecule has 3 fully saturated rings. The standard InChI is InChI=1S/C13H23B/c14-13-7-3-6-11-10-5-2-1-4-9(10)8-12(11)13/h9-13H,1-8,14H2. The van der Waals surface area contributed by atoms with Crippen molar-refractivity contribution in [3.63, 3.8) is 0 Å². The van der Waals surface area contributed by atoms with E-state index < -0.39 is 0 Å². The van der Waals surface area contributed by atoms with E-state index in [0.29, 0.717) is 0 Å². The molecule has 0 saturated heterocycles. The maximum Gasteiger partial charge on any atom is 0.105 e. The fourth-order valence-electron chi connectivity index (χ4n) is 4.91. The first-order chi connectivity index (χ1) is 6.86. The molecule has 0 bridgehead atoms. The van der Waals surface area contributed by atoms with Crippen molar-refractivity contribution in [2.45, 2.75) is 57.2 Å². The highest BCUT2D eigenvalue weighted by Gasteiger charge is 2.46. The van der Waals surface area contributed by atoms with Crippen LogP contribution in [0.25, 0.3) is 0 Å². The molecule has 3 aliphatic carbocycles. The summed E-state index contributed by atoms with van der Waals surface area (Å²) in [6.45, 7) is 0. The highest BCUT2D eigenvalue weighted by atomic mass is 14.5. The molecule has 3 aliphatic rings. The molecule has 1 heteroatoms. The minimum atomic E-state index is 1.05. The van der Waals surface area contributed by atoms with E-state index in [1.807, 2.05) is 0 Å². The topological polar surface area (TPSA) is 0 Å². The van der Waals surface area contributed by atoms with E-state index in [0.717, 1.165) is 29.5 Å². The van der Waals surface area contributed by atoms with E-state index in [4.69, 9.17) is 0 Å². The average molecular weight is 190 g/mol. The fraction of sp³-hybridized carbons (Fsp3) is 1.00. The van der Waals surface area contributed by atoms with Crippen LogP contribution in [0.3, 0.4) is 0 Å². The van der Waals surface area contributed by atoms with E-state index in [1.165, 1.54) is 19.3 Å². The molecule has 0 aromatic rings. The van der Waals surface area contributed by atoms with Crippen molar-refractivity contribution in [3.8, 4) is 0 Å². The molecule has 5 unspecified atom stereocenters. The Morgan fingerprint density at radius 1 is 0.714 bits per heavy atom. The van der Waals surface area contributed by atoms with Crippen molar-refractivity contribution in [2.24, 2.45) is 23.7 Å². The Morgan fingerprint density at radius 2 is 1.50 bits per heavy atom. The van der Waals surface area contributed by atoms with E-state index in [2.05, 4.69) is 7.85 Å². The zero-order valence-electron chi connectivity index (χ0n) is 9.54. The number of fused-ring (bicyclic) bond motifs is 3. The molecule has 5 atom stereocenters. The third-order valence-corrected chi connectivity index (χ3v) is 5.57. The van der Waals surface area contributed by atoms with Gasteiger partial charge in [-0.2, -0.15) is 0 Å². The van der Waals surface area contributed by atoms with E-state index in [1.54, 1.807) is 32.1 Å². The molecule has 0 aliphatic heterocycles. The Labute approximate surface area is 89.3 Å². The minimum Gasteiger partial charge on any atom is -0.0667 e. The normalized spacial score (nSPS) is 52.4. The molecule has 0 N–H and O–H groups in total. The van der Waals surface area contributed by atoms with Crippen LogP contribution in [0.4, 0.5) is 0 Å². The first-order valence-electron chi connectivity index (χ1n) is 6.86. The monoisotopic (exact) mass is 190 g/mol. The first kappa shape index (κ1) is 9.30. The third kappa shape index (κ3) is 1.35. The van der Waals surface area contributed by atoms with Crippen molar-refractivity contribution < 1.29 is 0 Å². The molecular weight excluding hydrogens is 167 g/mol. The van der Waals surface area contributed by atoms with Gasteiger partial charge in [-0.25, -0.2) is 0 Å². The molecular formula is C13H23B. The highest BCUT2D eigenvalue weighted by Crippen LogP contribution is 2.56. The van der Waals surface area contributed by atoms with Crippen molar-refractivity contribution in [1.82, 2.24) is 0 Å². The van der Waals surface area contributed by atoms with Crippen LogP contribution in [0.15, 0.2) is 0 Å². The van der Waals surface area contributed by atoms with Gasteiger partial charge < -0.3 is 0 Å². The first-order valence-corrected chi connectivity index (χ1v) is 6.86. The Morgan fingerprint density at radius 3 is 2.43 bits per heavy atom. The summed E-state index contributed by atoms with van der Waals surface area (Å²) in [5.74, 6) is 5.66. The van der Waals surface area contributed by atoms with Crippen molar-refractivity contribution >= 4 is 7.85 Å². The fourth-order valence-corrected chi connectivity index (χ4v) is 4.91. The lowest BCUT2D eigenvalue weighted by Gasteiger charge is -2.35. The number of hydrogen-bond acceptors (Lipinski definition) is 0. The lowest BCUT2D eigenvalue weighted by molar-refractivity contribution is 0.184. The van der Waals surface area contributed by atoms with Gasteiger partial charge in [0.2, 0.25) is 0 Å². The van der Waals surface area contributed by atoms with Crippen molar-refractivity contribution in [1.29, 1.82) is 0 Å². The van der Waals surface area contributed by atoms with Gasteiger partial charge in [0.25, 0.3) is 0 Å². The molecule has 0 heterocycles. The molecule has 0 radical (unpaired) electrons. The van der Waals surface area contributed by atoms with Gasteiger partial charge in [0, 0.05) is 0 Å². The molecule has 3 saturated carbocycles. The average Bonchev–Trinajstić information content (AvgIpc) is 2.59. The zero-order valence-corrected chi connectivity index (χ0v) is 9.54. The van der Waals surface area contributed by atoms with Gasteiger partial charge in [-0.1, -0.05) is 37.9 Å². The van der Waals surface area contributed by atoms with Crippen molar-refractivity contribution in [3.05, 3.63) is 0 Å². The Hall–Kier alpha value is 0.0649. The van der Waals surface area contributed by atoms with Gasteiger partial charge in [0.15, 0.2) is 0 Å². The van der Waals surface area contributed by atoms with Gasteiger partial charge in [0.1, 0.15) is 7.85 Å². The molecule has 0 nitrogen and oxygen atoms in total. The van der Waals surface area contributed by atoms with Crippen LogP contribution >= 0.6 is 0 Å². The second kappa shape index (κ2) is 3.57. The van der Waals surface area contributed by atoms with Gasteiger partial charge in [-0.15, -0.1) is 0 Å². The number of rotatable bonds is 0. The summed E-state index contributed by atoms with van der Waals surface area (Å²) >= 11 is 0. The van der Waals surface area contributed by atoms with E-state index >= 15 is 0 Å². The minimum absolute atomic E-state index is 1.05. The van der Waals surface area contributed by atoms with Crippen LogP contribution in [-0.4, -0.2) is 7.85 Å². The Bertz CT molecular complexity index is 211. The van der Waals surface area contributed by atoms with Crippen LogP contribution in [0, 0.1) is 23.7 Å². The SMILES string of the molecule is BC1CCCC2C1CC1CCCCC12. The predicted molar refractivity (Wildman–Crippen MR) is 63.2 cm³/mol. The molecule has 0 amide bonds. The predicted octanol–water partition coefficient (Wildman–Crippen LogP) is 3.03. The maximum absolute atomic E-state index is 2.52. The second-order valence-electron chi connectivity index (χ2n) is 6.18. The molecule has 0 aromatic heterocycles. The second-order valence-corrected chi connectivity index (χ2v) is 6.18. The molecule has 78 valence electrons. The van der Waals surface area contributed by atoms with Crippen LogP contribution in [0.5, 0.6) is 0 Å². The van der Waals surface area contributed by atoms with Gasteiger partial charge in [-0.3, -0.25) is 0 Å². The van der Waals surface area contributed by atoms with Crippen LogP contribution in [0.1, 0.15) is 51.4 Å². The summed E-state index contributed by atoms with van der Waals surface area (Å²) in [5.41, 5.74) is 0. The molecule has 3 rings (SSSR count). The summed E-state index contributed by atoms with van der Waals surface area (Å²) in [4.78, 5) is 0. The summed E-state index contributed by atoms with van der Waals surface area (Å²) in [6, 6.07) is 0. The third-order valence-electron chi connectivity index (χ3n) is 5.57. The quantitative estimate of drug-likeness (QED) is 0.515. The van der Waals surface area contributed by atoms with Crippen molar-refractivity contribution in [2.75, 3.05) is 0 Å². The smallest absolute Gasteiger partial charge is 0.0667 e. The van der Waals surface area contributed by atoms with Gasteiger partial charge in [-0.05, 0) is 42.9 Å². The van der Waals surface area contributed by atoms with Gasteiger partial charge in [0.05, 0.1) is 0 Å². The highest BCUT2D eigenvalue weighted by molar-refractivity contribution is 6.11. The molecule has 0 spiro atoms. The summed E-state index contributed by atoms with van der Waals surface area (Å²) in [6.07, 6.45) is 12.5. The largest absolute Gasteiger partial charge is 0.105 e. The zero-order chi connectivity index (χ0) is 9.54. The van der Waals surface area contributed by atoms with Gasteiger partial charge >= 0.3 is 0 Å². The number of hydrogen-bond donors (Lipinski definition) is 0. The molecule has 14 heavy (non-hydrogen) atoms. The Balaban J connectivity index is 1.79. The molecule has 0 aromatic carbocycles.